The standard InChI is InChI=1S/C5H12O2.C2H6O/c1-5(4-7)2-3-6;1-3-2/h5-7H,2-4H2,1H3;1-2H3. The van der Waals surface area contributed by atoms with E-state index in [1.165, 1.54) is 0 Å². The van der Waals surface area contributed by atoms with Gasteiger partial charge in [-0.15, -0.1) is 0 Å². The third-order valence-electron chi connectivity index (χ3n) is 0.934. The summed E-state index contributed by atoms with van der Waals surface area (Å²) in [6.07, 6.45) is 0.705. The van der Waals surface area contributed by atoms with Gasteiger partial charge in [-0.3, -0.25) is 0 Å². The van der Waals surface area contributed by atoms with Gasteiger partial charge in [-0.25, -0.2) is 0 Å². The zero-order chi connectivity index (χ0) is 8.41. The smallest absolute Gasteiger partial charge is 0.0457 e. The van der Waals surface area contributed by atoms with E-state index in [4.69, 9.17) is 10.2 Å². The van der Waals surface area contributed by atoms with Gasteiger partial charge in [0.2, 0.25) is 0 Å². The molecule has 0 radical (unpaired) electrons. The quantitative estimate of drug-likeness (QED) is 0.606. The molecule has 1 unspecified atom stereocenters. The minimum Gasteiger partial charge on any atom is -0.396 e. The first-order valence-corrected chi connectivity index (χ1v) is 3.34. The van der Waals surface area contributed by atoms with Crippen LogP contribution in [0.2, 0.25) is 0 Å². The summed E-state index contributed by atoms with van der Waals surface area (Å²) in [5.41, 5.74) is 0. The Bertz CT molecular complexity index is 48.1. The molecule has 64 valence electrons. The molecule has 0 aliphatic heterocycles. The van der Waals surface area contributed by atoms with E-state index in [0.29, 0.717) is 6.42 Å². The summed E-state index contributed by atoms with van der Waals surface area (Å²) in [6.45, 7) is 2.26. The summed E-state index contributed by atoms with van der Waals surface area (Å²) in [6, 6.07) is 0. The number of hydrogen-bond acceptors (Lipinski definition) is 3. The van der Waals surface area contributed by atoms with Gasteiger partial charge in [-0.05, 0) is 12.3 Å². The van der Waals surface area contributed by atoms with Crippen molar-refractivity contribution in [3.05, 3.63) is 0 Å². The number of methoxy groups -OCH3 is 1. The number of aliphatic hydroxyl groups is 2. The highest BCUT2D eigenvalue weighted by Gasteiger charge is 1.94. The van der Waals surface area contributed by atoms with Crippen LogP contribution in [0, 0.1) is 5.92 Å². The second-order valence-corrected chi connectivity index (χ2v) is 2.21. The number of rotatable bonds is 3. The summed E-state index contributed by atoms with van der Waals surface area (Å²) in [5, 5.41) is 16.6. The lowest BCUT2D eigenvalue weighted by atomic mass is 10.1. The van der Waals surface area contributed by atoms with E-state index in [9.17, 15) is 0 Å². The Morgan fingerprint density at radius 3 is 1.80 bits per heavy atom. The van der Waals surface area contributed by atoms with Crippen LogP contribution in [0.25, 0.3) is 0 Å². The van der Waals surface area contributed by atoms with E-state index in [1.807, 2.05) is 6.92 Å². The van der Waals surface area contributed by atoms with Crippen molar-refractivity contribution >= 4 is 0 Å². The van der Waals surface area contributed by atoms with Crippen LogP contribution in [-0.2, 0) is 4.74 Å². The lowest BCUT2D eigenvalue weighted by Crippen LogP contribution is -2.01. The van der Waals surface area contributed by atoms with Gasteiger partial charge in [0.15, 0.2) is 0 Å². The van der Waals surface area contributed by atoms with E-state index < -0.39 is 0 Å². The van der Waals surface area contributed by atoms with Crippen molar-refractivity contribution in [1.29, 1.82) is 0 Å². The minimum atomic E-state index is 0.181. The Balaban J connectivity index is 0. The van der Waals surface area contributed by atoms with Gasteiger partial charge in [-0.1, -0.05) is 6.92 Å². The Morgan fingerprint density at radius 2 is 1.70 bits per heavy atom. The fourth-order valence-corrected chi connectivity index (χ4v) is 0.312. The molecule has 0 bridgehead atoms. The molecule has 0 aliphatic rings. The van der Waals surface area contributed by atoms with Crippen molar-refractivity contribution in [2.45, 2.75) is 13.3 Å². The summed E-state index contributed by atoms with van der Waals surface area (Å²) < 4.78 is 4.25. The summed E-state index contributed by atoms with van der Waals surface area (Å²) in [7, 11) is 3.25. The Kier molecular flexibility index (Phi) is 14.6. The van der Waals surface area contributed by atoms with Gasteiger partial charge < -0.3 is 14.9 Å². The number of hydrogen-bond donors (Lipinski definition) is 2. The maximum atomic E-state index is 8.35. The summed E-state index contributed by atoms with van der Waals surface area (Å²) in [5.74, 6) is 0.255. The van der Waals surface area contributed by atoms with Crippen molar-refractivity contribution in [3.8, 4) is 0 Å². The monoisotopic (exact) mass is 150 g/mol. The van der Waals surface area contributed by atoms with Gasteiger partial charge >= 0.3 is 0 Å². The second kappa shape index (κ2) is 11.6. The molecule has 1 atom stereocenters. The molecule has 0 aromatic heterocycles. The maximum absolute atomic E-state index is 8.35. The van der Waals surface area contributed by atoms with Crippen molar-refractivity contribution in [3.63, 3.8) is 0 Å². The van der Waals surface area contributed by atoms with Gasteiger partial charge in [0.25, 0.3) is 0 Å². The van der Waals surface area contributed by atoms with Crippen molar-refractivity contribution in [1.82, 2.24) is 0 Å². The predicted molar refractivity (Wildman–Crippen MR) is 40.9 cm³/mol. The minimum absolute atomic E-state index is 0.181. The third-order valence-corrected chi connectivity index (χ3v) is 0.934. The SMILES string of the molecule is CC(CO)CCO.COC. The molecule has 0 aliphatic carbocycles. The lowest BCUT2D eigenvalue weighted by Gasteiger charge is -2.01. The Labute approximate surface area is 62.6 Å². The van der Waals surface area contributed by atoms with Crippen LogP contribution in [0.4, 0.5) is 0 Å². The molecule has 0 saturated carbocycles. The summed E-state index contributed by atoms with van der Waals surface area (Å²) >= 11 is 0. The van der Waals surface area contributed by atoms with E-state index >= 15 is 0 Å². The normalized spacial score (nSPS) is 11.7. The molecule has 0 heterocycles. The molecule has 0 fully saturated rings. The third kappa shape index (κ3) is 15.7. The molecule has 0 rings (SSSR count). The average Bonchev–Trinajstić information content (AvgIpc) is 1.90. The zero-order valence-corrected chi connectivity index (χ0v) is 7.00. The first-order valence-electron chi connectivity index (χ1n) is 3.34. The molecular weight excluding hydrogens is 132 g/mol. The van der Waals surface area contributed by atoms with Crippen LogP contribution in [-0.4, -0.2) is 37.6 Å². The highest BCUT2D eigenvalue weighted by Crippen LogP contribution is 1.96. The average molecular weight is 150 g/mol. The van der Waals surface area contributed by atoms with Gasteiger partial charge in [-0.2, -0.15) is 0 Å². The van der Waals surface area contributed by atoms with E-state index in [2.05, 4.69) is 4.74 Å². The van der Waals surface area contributed by atoms with Crippen molar-refractivity contribution in [2.75, 3.05) is 27.4 Å². The van der Waals surface area contributed by atoms with Crippen LogP contribution >= 0.6 is 0 Å². The topological polar surface area (TPSA) is 49.7 Å². The second-order valence-electron chi connectivity index (χ2n) is 2.21. The predicted octanol–water partition coefficient (Wildman–Crippen LogP) is 0.260. The summed E-state index contributed by atoms with van der Waals surface area (Å²) in [4.78, 5) is 0. The molecule has 3 heteroatoms. The van der Waals surface area contributed by atoms with Crippen LogP contribution in [0.15, 0.2) is 0 Å². The van der Waals surface area contributed by atoms with Crippen LogP contribution < -0.4 is 0 Å². The van der Waals surface area contributed by atoms with E-state index in [1.54, 1.807) is 14.2 Å². The molecule has 0 aromatic rings. The van der Waals surface area contributed by atoms with Gasteiger partial charge in [0, 0.05) is 27.4 Å². The first-order chi connectivity index (χ1) is 4.72. The maximum Gasteiger partial charge on any atom is 0.0457 e. The first kappa shape index (κ1) is 12.5. The van der Waals surface area contributed by atoms with Crippen LogP contribution in [0.3, 0.4) is 0 Å². The molecular formula is C7H18O3. The highest BCUT2D eigenvalue weighted by molar-refractivity contribution is 4.45. The van der Waals surface area contributed by atoms with Crippen LogP contribution in [0.5, 0.6) is 0 Å². The zero-order valence-electron chi connectivity index (χ0n) is 7.00. The molecule has 2 N–H and O–H groups in total. The Hall–Kier alpha value is -0.120. The molecule has 0 aromatic carbocycles. The lowest BCUT2D eigenvalue weighted by molar-refractivity contribution is 0.194. The van der Waals surface area contributed by atoms with Gasteiger partial charge in [0.05, 0.1) is 0 Å². The molecule has 10 heavy (non-hydrogen) atoms. The molecule has 0 saturated heterocycles. The van der Waals surface area contributed by atoms with Crippen LogP contribution in [0.1, 0.15) is 13.3 Å². The fourth-order valence-electron chi connectivity index (χ4n) is 0.312. The van der Waals surface area contributed by atoms with E-state index in [-0.39, 0.29) is 19.1 Å². The molecule has 0 spiro atoms. The van der Waals surface area contributed by atoms with Crippen molar-refractivity contribution in [2.24, 2.45) is 5.92 Å². The van der Waals surface area contributed by atoms with Crippen molar-refractivity contribution < 1.29 is 14.9 Å². The molecule has 3 nitrogen and oxygen atoms in total. The largest absolute Gasteiger partial charge is 0.396 e. The number of ether oxygens (including phenoxy) is 1. The number of aliphatic hydroxyl groups excluding tert-OH is 2. The van der Waals surface area contributed by atoms with E-state index in [0.717, 1.165) is 0 Å². The Morgan fingerprint density at radius 1 is 1.30 bits per heavy atom. The fraction of sp³-hybridized carbons (Fsp3) is 1.00. The highest BCUT2D eigenvalue weighted by atomic mass is 16.4. The molecule has 0 amide bonds. The van der Waals surface area contributed by atoms with Gasteiger partial charge in [0.1, 0.15) is 0 Å².